The predicted octanol–water partition coefficient (Wildman–Crippen LogP) is 12.8. The molecule has 2 unspecified atom stereocenters. The Morgan fingerprint density at radius 3 is 1.46 bits per heavy atom. The number of ether oxygens (including phenoxy) is 3. The molecule has 0 aromatic carbocycles. The number of allylic oxidation sites excluding steroid dienone is 8. The van der Waals surface area contributed by atoms with E-state index in [2.05, 4.69) is 62.5 Å². The number of nitrogens with zero attached hydrogens (tertiary/aromatic N) is 1. The average Bonchev–Trinajstić information content (AvgIpc) is 3.17. The summed E-state index contributed by atoms with van der Waals surface area (Å²) in [7, 11) is 5.52. The summed E-state index contributed by atoms with van der Waals surface area (Å²) in [5.74, 6) is -1.48. The second-order valence-electron chi connectivity index (χ2n) is 16.6. The van der Waals surface area contributed by atoms with Crippen LogP contribution < -0.4 is 0 Å². The van der Waals surface area contributed by atoms with E-state index >= 15 is 0 Å². The molecule has 0 radical (unpaired) electrons. The van der Waals surface area contributed by atoms with Gasteiger partial charge in [-0.05, 0) is 51.4 Å². The van der Waals surface area contributed by atoms with Gasteiger partial charge >= 0.3 is 17.9 Å². The van der Waals surface area contributed by atoms with Crippen molar-refractivity contribution in [1.29, 1.82) is 0 Å². The molecule has 57 heavy (non-hydrogen) atoms. The van der Waals surface area contributed by atoms with Crippen molar-refractivity contribution in [1.82, 2.24) is 0 Å². The summed E-state index contributed by atoms with van der Waals surface area (Å²) in [5.41, 5.74) is 0. The molecule has 0 spiro atoms. The highest BCUT2D eigenvalue weighted by Gasteiger charge is 2.31. The topological polar surface area (TPSA) is 99.1 Å². The van der Waals surface area contributed by atoms with Gasteiger partial charge in [0.15, 0.2) is 12.1 Å². The number of carboxylic acids is 1. The van der Waals surface area contributed by atoms with E-state index in [9.17, 15) is 19.5 Å². The Bertz CT molecular complexity index is 1070. The van der Waals surface area contributed by atoms with Gasteiger partial charge in [-0.1, -0.05) is 172 Å². The van der Waals surface area contributed by atoms with Crippen molar-refractivity contribution >= 4 is 17.9 Å². The summed E-state index contributed by atoms with van der Waals surface area (Å²) < 4.78 is 17.3. The van der Waals surface area contributed by atoms with E-state index < -0.39 is 18.1 Å². The van der Waals surface area contributed by atoms with Crippen molar-refractivity contribution in [2.75, 3.05) is 41.0 Å². The Balaban J connectivity index is 4.32. The lowest BCUT2D eigenvalue weighted by Gasteiger charge is -2.31. The molecule has 8 nitrogen and oxygen atoms in total. The standard InChI is InChI=1S/C49H87NO7/c1-6-8-10-12-14-16-18-20-21-22-23-24-25-26-28-30-32-34-36-38-40-48(52)57-45(43-55-42-41-46(49(53)54)50(3,4)5)44-56-47(51)39-37-35-33-31-29-27-19-17-15-13-11-9-7-2/h8,10,14,16,20-21,23-24,45-46H,6-7,9,11-13,15,17-19,22,25-44H2,1-5H3/p+1/b10-8+,16-14+,21-20+,24-23+. The summed E-state index contributed by atoms with van der Waals surface area (Å²) in [6.07, 6.45) is 47.2. The maximum absolute atomic E-state index is 12.7. The van der Waals surface area contributed by atoms with Gasteiger partial charge in [-0.15, -0.1) is 0 Å². The second kappa shape index (κ2) is 40.1. The monoisotopic (exact) mass is 803 g/mol. The molecule has 0 aliphatic heterocycles. The van der Waals surface area contributed by atoms with Crippen LogP contribution in [0.2, 0.25) is 0 Å². The number of aliphatic carboxylic acids is 1. The van der Waals surface area contributed by atoms with E-state index in [-0.39, 0.29) is 36.2 Å². The maximum atomic E-state index is 12.7. The Morgan fingerprint density at radius 1 is 0.544 bits per heavy atom. The van der Waals surface area contributed by atoms with Gasteiger partial charge in [-0.25, -0.2) is 4.79 Å². The smallest absolute Gasteiger partial charge is 0.362 e. The molecule has 0 aromatic rings. The molecule has 0 bridgehead atoms. The zero-order valence-electron chi connectivity index (χ0n) is 37.5. The molecule has 0 fully saturated rings. The highest BCUT2D eigenvalue weighted by Crippen LogP contribution is 2.15. The number of quaternary nitrogens is 1. The first-order chi connectivity index (χ1) is 27.6. The molecule has 0 saturated heterocycles. The number of likely N-dealkylation sites (N-methyl/N-ethyl adjacent to an activating group) is 1. The van der Waals surface area contributed by atoms with E-state index in [0.717, 1.165) is 70.6 Å². The van der Waals surface area contributed by atoms with Crippen molar-refractivity contribution in [3.8, 4) is 0 Å². The van der Waals surface area contributed by atoms with Crippen LogP contribution in [0.25, 0.3) is 0 Å². The van der Waals surface area contributed by atoms with Crippen molar-refractivity contribution in [2.45, 2.75) is 206 Å². The Hall–Kier alpha value is -2.71. The van der Waals surface area contributed by atoms with Crippen LogP contribution >= 0.6 is 0 Å². The fraction of sp³-hybridized carbons (Fsp3) is 0.776. The minimum atomic E-state index is -0.877. The van der Waals surface area contributed by atoms with Gasteiger partial charge in [0.05, 0.1) is 34.4 Å². The van der Waals surface area contributed by atoms with Crippen molar-refractivity contribution < 1.29 is 38.2 Å². The van der Waals surface area contributed by atoms with Crippen molar-refractivity contribution in [3.63, 3.8) is 0 Å². The van der Waals surface area contributed by atoms with Crippen LogP contribution in [0.5, 0.6) is 0 Å². The predicted molar refractivity (Wildman–Crippen MR) is 238 cm³/mol. The van der Waals surface area contributed by atoms with Gasteiger partial charge in [0.1, 0.15) is 6.61 Å². The zero-order chi connectivity index (χ0) is 42.1. The third kappa shape index (κ3) is 38.6. The van der Waals surface area contributed by atoms with Crippen LogP contribution in [-0.2, 0) is 28.6 Å². The fourth-order valence-electron chi connectivity index (χ4n) is 6.67. The van der Waals surface area contributed by atoms with Crippen molar-refractivity contribution in [2.24, 2.45) is 0 Å². The van der Waals surface area contributed by atoms with Crippen LogP contribution in [0.1, 0.15) is 194 Å². The number of hydrogen-bond acceptors (Lipinski definition) is 6. The summed E-state index contributed by atoms with van der Waals surface area (Å²) in [6.45, 7) is 4.62. The molecule has 1 N–H and O–H groups in total. The molecule has 0 saturated carbocycles. The van der Waals surface area contributed by atoms with Gasteiger partial charge in [-0.2, -0.15) is 0 Å². The SMILES string of the molecule is CC/C=C/C/C=C/C/C=C/C/C=C/CCCCCCCCCC(=O)OC(COCCC(C(=O)O)[N+](C)(C)C)COC(=O)CCCCCCCCCCCCCCC. The second-order valence-corrected chi connectivity index (χ2v) is 16.6. The van der Waals surface area contributed by atoms with Crippen molar-refractivity contribution in [3.05, 3.63) is 48.6 Å². The number of esters is 2. The quantitative estimate of drug-likeness (QED) is 0.0284. The first kappa shape index (κ1) is 54.3. The molecule has 0 heterocycles. The van der Waals surface area contributed by atoms with Crippen LogP contribution in [-0.4, -0.2) is 80.6 Å². The van der Waals surface area contributed by atoms with E-state index in [1.54, 1.807) is 0 Å². The lowest BCUT2D eigenvalue weighted by atomic mass is 10.0. The van der Waals surface area contributed by atoms with E-state index in [4.69, 9.17) is 14.2 Å². The van der Waals surface area contributed by atoms with E-state index in [0.29, 0.717) is 19.3 Å². The minimum Gasteiger partial charge on any atom is -0.477 e. The molecular weight excluding hydrogens is 715 g/mol. The first-order valence-electron chi connectivity index (χ1n) is 23.2. The zero-order valence-corrected chi connectivity index (χ0v) is 37.5. The summed E-state index contributed by atoms with van der Waals surface area (Å²) in [6, 6.07) is -0.616. The molecule has 0 aliphatic carbocycles. The van der Waals surface area contributed by atoms with Gasteiger partial charge in [0, 0.05) is 19.3 Å². The molecule has 0 amide bonds. The Morgan fingerprint density at radius 2 is 0.982 bits per heavy atom. The van der Waals surface area contributed by atoms with Gasteiger partial charge in [0.2, 0.25) is 0 Å². The average molecular weight is 803 g/mol. The fourth-order valence-corrected chi connectivity index (χ4v) is 6.67. The maximum Gasteiger partial charge on any atom is 0.362 e. The Kier molecular flexibility index (Phi) is 38.2. The summed E-state index contributed by atoms with van der Waals surface area (Å²) in [5, 5.41) is 9.63. The highest BCUT2D eigenvalue weighted by molar-refractivity contribution is 5.72. The lowest BCUT2D eigenvalue weighted by molar-refractivity contribution is -0.887. The Labute approximate surface area is 350 Å². The van der Waals surface area contributed by atoms with Crippen LogP contribution in [0.3, 0.4) is 0 Å². The van der Waals surface area contributed by atoms with Crippen LogP contribution in [0.15, 0.2) is 48.6 Å². The van der Waals surface area contributed by atoms with Gasteiger partial charge in [0.25, 0.3) is 0 Å². The molecule has 8 heteroatoms. The first-order valence-corrected chi connectivity index (χ1v) is 23.2. The number of hydrogen-bond donors (Lipinski definition) is 1. The van der Waals surface area contributed by atoms with E-state index in [1.807, 2.05) is 21.1 Å². The molecule has 0 aliphatic rings. The molecule has 2 atom stereocenters. The van der Waals surface area contributed by atoms with Gasteiger partial charge in [-0.3, -0.25) is 9.59 Å². The number of carboxylic acid groups (broad SMARTS) is 1. The number of carbonyl (C=O) groups excluding carboxylic acids is 2. The van der Waals surface area contributed by atoms with E-state index in [1.165, 1.54) is 89.9 Å². The third-order valence-corrected chi connectivity index (χ3v) is 10.2. The summed E-state index contributed by atoms with van der Waals surface area (Å²) in [4.78, 5) is 37.0. The highest BCUT2D eigenvalue weighted by atomic mass is 16.6. The largest absolute Gasteiger partial charge is 0.477 e. The summed E-state index contributed by atoms with van der Waals surface area (Å²) >= 11 is 0. The van der Waals surface area contributed by atoms with Crippen LogP contribution in [0, 0.1) is 0 Å². The lowest BCUT2D eigenvalue weighted by Crippen LogP contribution is -2.50. The molecule has 0 rings (SSSR count). The molecule has 0 aromatic heterocycles. The van der Waals surface area contributed by atoms with Gasteiger partial charge < -0.3 is 23.8 Å². The minimum absolute atomic E-state index is 0.0539. The third-order valence-electron chi connectivity index (χ3n) is 10.2. The normalized spacial score (nSPS) is 13.4. The molecular formula is C49H88NO7+. The van der Waals surface area contributed by atoms with Crippen LogP contribution in [0.4, 0.5) is 0 Å². The molecule has 330 valence electrons. The number of rotatable bonds is 41. The number of carbonyl (C=O) groups is 3. The number of unbranched alkanes of at least 4 members (excludes halogenated alkanes) is 19.